The Bertz CT molecular complexity index is 1150. The lowest BCUT2D eigenvalue weighted by Crippen LogP contribution is -2.55. The number of carbonyl (C=O) groups is 4. The number of hydrogen-bond donors (Lipinski definition) is 4. The summed E-state index contributed by atoms with van der Waals surface area (Å²) >= 11 is 0. The number of likely N-dealkylation sites (tertiary alicyclic amines) is 1. The van der Waals surface area contributed by atoms with E-state index in [1.807, 2.05) is 38.1 Å². The molecule has 10 heteroatoms. The first-order valence-electron chi connectivity index (χ1n) is 13.3. The Kier molecular flexibility index (Phi) is 9.40. The monoisotopic (exact) mass is 528 g/mol. The van der Waals surface area contributed by atoms with Crippen LogP contribution in [0.4, 0.5) is 4.79 Å². The molecule has 1 aromatic carbocycles. The molecule has 3 atom stereocenters. The van der Waals surface area contributed by atoms with Crippen molar-refractivity contribution in [2.75, 3.05) is 13.1 Å². The molecule has 0 spiro atoms. The summed E-state index contributed by atoms with van der Waals surface area (Å²) in [7, 11) is 0. The Morgan fingerprint density at radius 1 is 1.13 bits per heavy atom. The molecule has 2 heterocycles. The fourth-order valence-electron chi connectivity index (χ4n) is 4.69. The number of H-pyrrole nitrogens is 1. The van der Waals surface area contributed by atoms with Crippen LogP contribution in [0.25, 0.3) is 10.9 Å². The van der Waals surface area contributed by atoms with Gasteiger partial charge in [-0.15, -0.1) is 0 Å². The van der Waals surface area contributed by atoms with E-state index < -0.39 is 35.7 Å². The molecular formula is C28H40N4O6. The molecule has 0 bridgehead atoms. The number of aromatic nitrogens is 1. The van der Waals surface area contributed by atoms with Gasteiger partial charge < -0.3 is 30.4 Å². The summed E-state index contributed by atoms with van der Waals surface area (Å²) in [5, 5.41) is 16.1. The number of nitrogens with zero attached hydrogens (tertiary/aromatic N) is 1. The molecule has 1 saturated heterocycles. The predicted molar refractivity (Wildman–Crippen MR) is 143 cm³/mol. The highest BCUT2D eigenvalue weighted by Crippen LogP contribution is 2.22. The summed E-state index contributed by atoms with van der Waals surface area (Å²) in [6.07, 6.45) is 2.82. The maximum atomic E-state index is 13.3. The number of carboxylic acid groups (broad SMARTS) is 1. The lowest BCUT2D eigenvalue weighted by Gasteiger charge is -2.35. The van der Waals surface area contributed by atoms with Crippen molar-refractivity contribution in [2.24, 2.45) is 11.8 Å². The van der Waals surface area contributed by atoms with Gasteiger partial charge in [0.1, 0.15) is 17.7 Å². The molecule has 3 amide bonds. The maximum absolute atomic E-state index is 13.3. The fourth-order valence-corrected chi connectivity index (χ4v) is 4.69. The van der Waals surface area contributed by atoms with Crippen molar-refractivity contribution in [1.29, 1.82) is 0 Å². The Balaban J connectivity index is 1.58. The van der Waals surface area contributed by atoms with E-state index in [0.717, 1.165) is 16.5 Å². The van der Waals surface area contributed by atoms with Gasteiger partial charge in [-0.2, -0.15) is 0 Å². The van der Waals surface area contributed by atoms with Gasteiger partial charge in [0.2, 0.25) is 11.8 Å². The van der Waals surface area contributed by atoms with Crippen LogP contribution in [0.5, 0.6) is 0 Å². The van der Waals surface area contributed by atoms with Gasteiger partial charge in [0.05, 0.1) is 0 Å². The van der Waals surface area contributed by atoms with Crippen molar-refractivity contribution >= 4 is 34.8 Å². The smallest absolute Gasteiger partial charge is 0.408 e. The topological polar surface area (TPSA) is 141 Å². The summed E-state index contributed by atoms with van der Waals surface area (Å²) in [6, 6.07) is 5.82. The van der Waals surface area contributed by atoms with E-state index in [9.17, 15) is 24.3 Å². The number of aliphatic carboxylic acids is 1. The van der Waals surface area contributed by atoms with Gasteiger partial charge in [0.25, 0.3) is 0 Å². The van der Waals surface area contributed by atoms with Gasteiger partial charge in [-0.25, -0.2) is 9.59 Å². The molecule has 0 radical (unpaired) electrons. The van der Waals surface area contributed by atoms with E-state index in [2.05, 4.69) is 15.6 Å². The van der Waals surface area contributed by atoms with Crippen LogP contribution in [0, 0.1) is 11.8 Å². The second-order valence-electron chi connectivity index (χ2n) is 11.1. The van der Waals surface area contributed by atoms with Crippen LogP contribution in [-0.4, -0.2) is 69.6 Å². The van der Waals surface area contributed by atoms with Gasteiger partial charge in [-0.3, -0.25) is 9.59 Å². The zero-order valence-electron chi connectivity index (χ0n) is 22.9. The van der Waals surface area contributed by atoms with Gasteiger partial charge in [0.15, 0.2) is 0 Å². The van der Waals surface area contributed by atoms with Crippen molar-refractivity contribution in [3.63, 3.8) is 0 Å². The van der Waals surface area contributed by atoms with Crippen molar-refractivity contribution < 1.29 is 29.0 Å². The fraction of sp³-hybridized carbons (Fsp3) is 0.571. The average Bonchev–Trinajstić information content (AvgIpc) is 3.27. The zero-order valence-corrected chi connectivity index (χ0v) is 22.9. The number of para-hydroxylation sites is 1. The number of benzene rings is 1. The first kappa shape index (κ1) is 29.0. The molecule has 1 aromatic heterocycles. The van der Waals surface area contributed by atoms with Crippen molar-refractivity contribution in [3.05, 3.63) is 36.0 Å². The van der Waals surface area contributed by atoms with Gasteiger partial charge in [-0.1, -0.05) is 38.5 Å². The molecule has 1 fully saturated rings. The molecule has 4 N–H and O–H groups in total. The Morgan fingerprint density at radius 3 is 2.39 bits per heavy atom. The maximum Gasteiger partial charge on any atom is 0.408 e. The SMILES string of the molecule is CCC(C)[C@H](NC(=O)OC(C)(C)C)C(=O)N1CCC(C(=O)N[C@@H](Cc2c[nH]c3ccccc23)C(=O)O)CC1. The minimum atomic E-state index is -1.10. The molecular weight excluding hydrogens is 488 g/mol. The lowest BCUT2D eigenvalue weighted by atomic mass is 9.92. The first-order chi connectivity index (χ1) is 17.9. The lowest BCUT2D eigenvalue weighted by molar-refractivity contribution is -0.143. The highest BCUT2D eigenvalue weighted by Gasteiger charge is 2.35. The van der Waals surface area contributed by atoms with Crippen LogP contribution in [0.15, 0.2) is 30.5 Å². The molecule has 1 aliphatic rings. The largest absolute Gasteiger partial charge is 0.480 e. The summed E-state index contributed by atoms with van der Waals surface area (Å²) in [4.78, 5) is 55.4. The molecule has 0 saturated carbocycles. The quantitative estimate of drug-likeness (QED) is 0.393. The predicted octanol–water partition coefficient (Wildman–Crippen LogP) is 3.46. The van der Waals surface area contributed by atoms with Crippen LogP contribution < -0.4 is 10.6 Å². The van der Waals surface area contributed by atoms with E-state index in [-0.39, 0.29) is 24.2 Å². The van der Waals surface area contributed by atoms with Crippen LogP contribution in [-0.2, 0) is 25.5 Å². The van der Waals surface area contributed by atoms with Crippen molar-refractivity contribution in [2.45, 2.75) is 78.0 Å². The first-order valence-corrected chi connectivity index (χ1v) is 13.3. The highest BCUT2D eigenvalue weighted by atomic mass is 16.6. The van der Waals surface area contributed by atoms with Gasteiger partial charge in [0, 0.05) is 42.5 Å². The number of nitrogens with one attached hydrogen (secondary N) is 3. The van der Waals surface area contributed by atoms with Crippen LogP contribution in [0.2, 0.25) is 0 Å². The highest BCUT2D eigenvalue weighted by molar-refractivity contribution is 5.88. The summed E-state index contributed by atoms with van der Waals surface area (Å²) in [6.45, 7) is 9.83. The third kappa shape index (κ3) is 7.49. The Morgan fingerprint density at radius 2 is 1.79 bits per heavy atom. The molecule has 2 aromatic rings. The number of aromatic amines is 1. The summed E-state index contributed by atoms with van der Waals surface area (Å²) in [5.41, 5.74) is 1.05. The van der Waals surface area contributed by atoms with Crippen molar-refractivity contribution in [3.8, 4) is 0 Å². The van der Waals surface area contributed by atoms with E-state index in [1.54, 1.807) is 31.9 Å². The molecule has 10 nitrogen and oxygen atoms in total. The standard InChI is InChI=1S/C28H40N4O6/c1-6-17(2)23(31-27(37)38-28(3,4)5)25(34)32-13-11-18(12-14-32)24(33)30-22(26(35)36)15-19-16-29-21-10-8-7-9-20(19)21/h7-10,16-18,22-23,29H,6,11-15H2,1-5H3,(H,30,33)(H,31,37)(H,35,36)/t17?,22-,23-/m0/s1. The van der Waals surface area contributed by atoms with Gasteiger partial charge >= 0.3 is 12.1 Å². The summed E-state index contributed by atoms with van der Waals surface area (Å²) in [5.74, 6) is -2.12. The summed E-state index contributed by atoms with van der Waals surface area (Å²) < 4.78 is 5.34. The van der Waals surface area contributed by atoms with Crippen LogP contribution in [0.1, 0.15) is 59.4 Å². The molecule has 208 valence electrons. The minimum absolute atomic E-state index is 0.100. The number of carboxylic acids is 1. The van der Waals surface area contributed by atoms with Gasteiger partial charge in [-0.05, 0) is 51.2 Å². The number of hydrogen-bond acceptors (Lipinski definition) is 5. The van der Waals surface area contributed by atoms with E-state index in [0.29, 0.717) is 32.4 Å². The van der Waals surface area contributed by atoms with Crippen LogP contribution >= 0.6 is 0 Å². The second kappa shape index (κ2) is 12.3. The third-order valence-electron chi connectivity index (χ3n) is 7.04. The number of alkyl carbamates (subject to hydrolysis) is 1. The third-order valence-corrected chi connectivity index (χ3v) is 7.04. The molecule has 3 rings (SSSR count). The zero-order chi connectivity index (χ0) is 28.0. The van der Waals surface area contributed by atoms with E-state index >= 15 is 0 Å². The molecule has 0 aliphatic carbocycles. The number of amides is 3. The number of piperidine rings is 1. The van der Waals surface area contributed by atoms with E-state index in [4.69, 9.17) is 4.74 Å². The Hall–Kier alpha value is -3.56. The Labute approximate surface area is 223 Å². The normalized spacial score (nSPS) is 16.9. The average molecular weight is 529 g/mol. The number of carbonyl (C=O) groups excluding carboxylic acids is 3. The molecule has 1 unspecified atom stereocenters. The van der Waals surface area contributed by atoms with Crippen molar-refractivity contribution in [1.82, 2.24) is 20.5 Å². The van der Waals surface area contributed by atoms with E-state index in [1.165, 1.54) is 0 Å². The van der Waals surface area contributed by atoms with Crippen LogP contribution in [0.3, 0.4) is 0 Å². The number of rotatable bonds is 9. The minimum Gasteiger partial charge on any atom is -0.480 e. The molecule has 38 heavy (non-hydrogen) atoms. The second-order valence-corrected chi connectivity index (χ2v) is 11.1. The number of fused-ring (bicyclic) bond motifs is 1. The number of ether oxygens (including phenoxy) is 1. The molecule has 1 aliphatic heterocycles.